The molecule has 4 heteroatoms. The van der Waals surface area contributed by atoms with Crippen molar-refractivity contribution in [2.75, 3.05) is 7.11 Å². The van der Waals surface area contributed by atoms with Crippen LogP contribution in [0.2, 0.25) is 5.15 Å². The lowest BCUT2D eigenvalue weighted by Gasteiger charge is -2.06. The molecule has 3 rings (SSSR count). The van der Waals surface area contributed by atoms with Gasteiger partial charge in [-0.1, -0.05) is 17.7 Å². The van der Waals surface area contributed by atoms with Crippen molar-refractivity contribution < 1.29 is 4.74 Å². The minimum absolute atomic E-state index is 0.741. The summed E-state index contributed by atoms with van der Waals surface area (Å²) >= 11 is 6.36. The highest BCUT2D eigenvalue weighted by Gasteiger charge is 2.21. The zero-order valence-electron chi connectivity index (χ0n) is 9.61. The third-order valence-corrected chi connectivity index (χ3v) is 3.53. The van der Waals surface area contributed by atoms with Crippen molar-refractivity contribution in [2.24, 2.45) is 0 Å². The number of hydrogen-bond acceptors (Lipinski definition) is 2. The molecule has 0 saturated carbocycles. The lowest BCUT2D eigenvalue weighted by atomic mass is 10.3. The van der Waals surface area contributed by atoms with Crippen LogP contribution >= 0.6 is 11.6 Å². The van der Waals surface area contributed by atoms with Gasteiger partial charge < -0.3 is 4.74 Å². The number of ether oxygens (including phenoxy) is 1. The van der Waals surface area contributed by atoms with E-state index in [0.717, 1.165) is 41.5 Å². The van der Waals surface area contributed by atoms with Crippen molar-refractivity contribution in [3.8, 4) is 11.4 Å². The molecule has 0 amide bonds. The number of fused-ring (bicyclic) bond motifs is 1. The molecule has 1 aromatic carbocycles. The van der Waals surface area contributed by atoms with E-state index in [1.54, 1.807) is 11.8 Å². The van der Waals surface area contributed by atoms with Gasteiger partial charge >= 0.3 is 0 Å². The van der Waals surface area contributed by atoms with E-state index in [9.17, 15) is 0 Å². The molecule has 0 aliphatic heterocycles. The van der Waals surface area contributed by atoms with E-state index in [2.05, 4.69) is 5.10 Å². The first kappa shape index (κ1) is 10.7. The highest BCUT2D eigenvalue weighted by Crippen LogP contribution is 2.31. The summed E-state index contributed by atoms with van der Waals surface area (Å²) in [4.78, 5) is 0. The summed E-state index contributed by atoms with van der Waals surface area (Å²) in [5, 5.41) is 5.31. The largest absolute Gasteiger partial charge is 0.497 e. The van der Waals surface area contributed by atoms with E-state index >= 15 is 0 Å². The van der Waals surface area contributed by atoms with E-state index in [1.807, 2.05) is 24.3 Å². The van der Waals surface area contributed by atoms with Crippen LogP contribution in [0.15, 0.2) is 24.3 Å². The molecule has 0 bridgehead atoms. The van der Waals surface area contributed by atoms with E-state index in [0.29, 0.717) is 0 Å². The monoisotopic (exact) mass is 248 g/mol. The van der Waals surface area contributed by atoms with Crippen LogP contribution in [0.1, 0.15) is 17.7 Å². The van der Waals surface area contributed by atoms with Crippen molar-refractivity contribution in [2.45, 2.75) is 19.3 Å². The van der Waals surface area contributed by atoms with Gasteiger partial charge in [0.25, 0.3) is 0 Å². The van der Waals surface area contributed by atoms with Gasteiger partial charge in [0, 0.05) is 11.6 Å². The van der Waals surface area contributed by atoms with Crippen molar-refractivity contribution >= 4 is 11.6 Å². The Morgan fingerprint density at radius 3 is 3.00 bits per heavy atom. The summed E-state index contributed by atoms with van der Waals surface area (Å²) in [7, 11) is 1.66. The molecule has 1 aromatic heterocycles. The molecule has 0 radical (unpaired) electrons. The van der Waals surface area contributed by atoms with Gasteiger partial charge in [-0.3, -0.25) is 0 Å². The Labute approximate surface area is 105 Å². The van der Waals surface area contributed by atoms with Gasteiger partial charge in [0.1, 0.15) is 10.9 Å². The van der Waals surface area contributed by atoms with E-state index in [4.69, 9.17) is 16.3 Å². The number of hydrogen-bond donors (Lipinski definition) is 0. The maximum absolute atomic E-state index is 6.36. The maximum atomic E-state index is 6.36. The van der Waals surface area contributed by atoms with Crippen molar-refractivity contribution in [3.63, 3.8) is 0 Å². The van der Waals surface area contributed by atoms with Gasteiger partial charge in [-0.05, 0) is 31.4 Å². The molecule has 1 heterocycles. The average molecular weight is 249 g/mol. The first-order valence-electron chi connectivity index (χ1n) is 5.70. The fourth-order valence-electron chi connectivity index (χ4n) is 2.27. The Kier molecular flexibility index (Phi) is 2.56. The van der Waals surface area contributed by atoms with Gasteiger partial charge in [-0.15, -0.1) is 0 Å². The van der Waals surface area contributed by atoms with Gasteiger partial charge in [-0.25, -0.2) is 4.68 Å². The Morgan fingerprint density at radius 2 is 2.24 bits per heavy atom. The van der Waals surface area contributed by atoms with Crippen LogP contribution in [0.3, 0.4) is 0 Å². The smallest absolute Gasteiger partial charge is 0.136 e. The van der Waals surface area contributed by atoms with Crippen LogP contribution in [0, 0.1) is 0 Å². The first-order valence-corrected chi connectivity index (χ1v) is 6.08. The minimum Gasteiger partial charge on any atom is -0.497 e. The molecule has 2 aromatic rings. The molecule has 0 unspecified atom stereocenters. The number of benzene rings is 1. The molecule has 0 atom stereocenters. The summed E-state index contributed by atoms with van der Waals surface area (Å²) in [5.74, 6) is 0.814. The molecule has 3 nitrogen and oxygen atoms in total. The average Bonchev–Trinajstić information content (AvgIpc) is 2.93. The third kappa shape index (κ3) is 1.71. The predicted molar refractivity (Wildman–Crippen MR) is 67.2 cm³/mol. The highest BCUT2D eigenvalue weighted by atomic mass is 35.5. The van der Waals surface area contributed by atoms with Gasteiger partial charge in [0.2, 0.25) is 0 Å². The second-order valence-electron chi connectivity index (χ2n) is 4.18. The molecule has 1 aliphatic carbocycles. The standard InChI is InChI=1S/C13H13ClN2O/c1-17-10-5-2-4-9(8-10)16-13(14)11-6-3-7-12(11)15-16/h2,4-5,8H,3,6-7H2,1H3. The second kappa shape index (κ2) is 4.08. The molecule has 1 aliphatic rings. The molecule has 88 valence electrons. The molecular weight excluding hydrogens is 236 g/mol. The Balaban J connectivity index is 2.09. The van der Waals surface area contributed by atoms with Gasteiger partial charge in [0.05, 0.1) is 18.5 Å². The molecular formula is C13H13ClN2O. The van der Waals surface area contributed by atoms with Crippen LogP contribution in [0.4, 0.5) is 0 Å². The zero-order valence-corrected chi connectivity index (χ0v) is 10.4. The van der Waals surface area contributed by atoms with Crippen molar-refractivity contribution in [1.29, 1.82) is 0 Å². The third-order valence-electron chi connectivity index (χ3n) is 3.14. The maximum Gasteiger partial charge on any atom is 0.136 e. The summed E-state index contributed by atoms with van der Waals surface area (Å²) in [6.07, 6.45) is 3.24. The second-order valence-corrected chi connectivity index (χ2v) is 4.54. The van der Waals surface area contributed by atoms with Crippen molar-refractivity contribution in [1.82, 2.24) is 9.78 Å². The van der Waals surface area contributed by atoms with Crippen LogP contribution in [0.5, 0.6) is 5.75 Å². The van der Waals surface area contributed by atoms with Crippen LogP contribution in [-0.2, 0) is 12.8 Å². The van der Waals surface area contributed by atoms with Gasteiger partial charge in [-0.2, -0.15) is 5.10 Å². The van der Waals surface area contributed by atoms with Crippen LogP contribution in [0.25, 0.3) is 5.69 Å². The Hall–Kier alpha value is -1.48. The number of aryl methyl sites for hydroxylation is 1. The fraction of sp³-hybridized carbons (Fsp3) is 0.308. The normalized spacial score (nSPS) is 13.8. The summed E-state index contributed by atoms with van der Waals surface area (Å²) in [6.45, 7) is 0. The highest BCUT2D eigenvalue weighted by molar-refractivity contribution is 6.30. The Bertz CT molecular complexity index is 563. The quantitative estimate of drug-likeness (QED) is 0.817. The van der Waals surface area contributed by atoms with E-state index in [-0.39, 0.29) is 0 Å². The number of halogens is 1. The molecule has 0 spiro atoms. The first-order chi connectivity index (χ1) is 8.29. The van der Waals surface area contributed by atoms with E-state index < -0.39 is 0 Å². The fourth-order valence-corrected chi connectivity index (χ4v) is 2.61. The number of rotatable bonds is 2. The van der Waals surface area contributed by atoms with Gasteiger partial charge in [0.15, 0.2) is 0 Å². The lowest BCUT2D eigenvalue weighted by molar-refractivity contribution is 0.414. The SMILES string of the molecule is COc1cccc(-n2nc3c(c2Cl)CCC3)c1. The van der Waals surface area contributed by atoms with Crippen LogP contribution < -0.4 is 4.74 Å². The molecule has 0 fully saturated rings. The Morgan fingerprint density at radius 1 is 1.35 bits per heavy atom. The zero-order chi connectivity index (χ0) is 11.8. The number of nitrogens with zero attached hydrogens (tertiary/aromatic N) is 2. The predicted octanol–water partition coefficient (Wildman–Crippen LogP) is 3.02. The minimum atomic E-state index is 0.741. The lowest BCUT2D eigenvalue weighted by Crippen LogP contribution is -1.98. The summed E-state index contributed by atoms with van der Waals surface area (Å²) in [5.41, 5.74) is 3.29. The molecule has 0 N–H and O–H groups in total. The topological polar surface area (TPSA) is 27.1 Å². The van der Waals surface area contributed by atoms with Crippen LogP contribution in [-0.4, -0.2) is 16.9 Å². The number of aromatic nitrogens is 2. The molecule has 17 heavy (non-hydrogen) atoms. The van der Waals surface area contributed by atoms with Crippen molar-refractivity contribution in [3.05, 3.63) is 40.7 Å². The summed E-state index contributed by atoms with van der Waals surface area (Å²) < 4.78 is 7.01. The van der Waals surface area contributed by atoms with E-state index in [1.165, 1.54) is 5.56 Å². The molecule has 0 saturated heterocycles. The number of methoxy groups -OCH3 is 1. The summed E-state index contributed by atoms with van der Waals surface area (Å²) in [6, 6.07) is 7.77.